The van der Waals surface area contributed by atoms with Gasteiger partial charge in [-0.2, -0.15) is 0 Å². The lowest BCUT2D eigenvalue weighted by Gasteiger charge is -2.07. The van der Waals surface area contributed by atoms with Crippen molar-refractivity contribution in [1.29, 1.82) is 0 Å². The van der Waals surface area contributed by atoms with Crippen LogP contribution in [0.3, 0.4) is 0 Å². The van der Waals surface area contributed by atoms with Gasteiger partial charge < -0.3 is 9.84 Å². The van der Waals surface area contributed by atoms with Crippen LogP contribution in [-0.2, 0) is 6.61 Å². The summed E-state index contributed by atoms with van der Waals surface area (Å²) in [5.41, 5.74) is 1.55. The van der Waals surface area contributed by atoms with Gasteiger partial charge in [-0.05, 0) is 18.6 Å². The van der Waals surface area contributed by atoms with Crippen molar-refractivity contribution < 1.29 is 14.6 Å². The van der Waals surface area contributed by atoms with E-state index in [-0.39, 0.29) is 12.3 Å². The minimum absolute atomic E-state index is 0.0744. The molecule has 92 valence electrons. The number of ether oxygens (including phenoxy) is 1. The van der Waals surface area contributed by atoms with Gasteiger partial charge in [-0.3, -0.25) is 4.98 Å². The van der Waals surface area contributed by atoms with E-state index in [1.54, 1.807) is 0 Å². The van der Waals surface area contributed by atoms with E-state index in [1.165, 1.54) is 12.4 Å². The Hall–Kier alpha value is -2.43. The highest BCUT2D eigenvalue weighted by Gasteiger charge is 2.05. The minimum Gasteiger partial charge on any atom is -0.487 e. The standard InChI is InChI=1S/C13H12N2O3/c1-9-4-2-3-5-12(9)18-8-10-6-15-11(7-14-10)13(16)17/h2-7H,8H2,1H3,(H,16,17). The number of aromatic carboxylic acids is 1. The molecule has 18 heavy (non-hydrogen) atoms. The van der Waals surface area contributed by atoms with Crippen LogP contribution in [0.5, 0.6) is 5.75 Å². The van der Waals surface area contributed by atoms with Gasteiger partial charge in [0.2, 0.25) is 0 Å². The summed E-state index contributed by atoms with van der Waals surface area (Å²) < 4.78 is 5.57. The first-order chi connectivity index (χ1) is 8.66. The number of benzene rings is 1. The summed E-state index contributed by atoms with van der Waals surface area (Å²) in [6.07, 6.45) is 2.63. The van der Waals surface area contributed by atoms with Crippen LogP contribution in [0.1, 0.15) is 21.7 Å². The van der Waals surface area contributed by atoms with E-state index in [0.717, 1.165) is 11.3 Å². The number of aryl methyl sites for hydroxylation is 1. The fourth-order valence-corrected chi connectivity index (χ4v) is 1.41. The molecule has 0 amide bonds. The number of aromatic nitrogens is 2. The fraction of sp³-hybridized carbons (Fsp3) is 0.154. The molecule has 0 unspecified atom stereocenters. The van der Waals surface area contributed by atoms with Crippen molar-refractivity contribution in [2.24, 2.45) is 0 Å². The first-order valence-corrected chi connectivity index (χ1v) is 5.39. The molecule has 0 aliphatic carbocycles. The van der Waals surface area contributed by atoms with Crippen LogP contribution >= 0.6 is 0 Å². The largest absolute Gasteiger partial charge is 0.487 e. The number of nitrogens with zero attached hydrogens (tertiary/aromatic N) is 2. The first kappa shape index (κ1) is 12.0. The van der Waals surface area contributed by atoms with E-state index in [1.807, 2.05) is 31.2 Å². The molecule has 2 aromatic rings. The summed E-state index contributed by atoms with van der Waals surface area (Å²) in [6.45, 7) is 2.21. The molecule has 5 heteroatoms. The maximum Gasteiger partial charge on any atom is 0.356 e. The van der Waals surface area contributed by atoms with Crippen molar-refractivity contribution in [3.8, 4) is 5.75 Å². The lowest BCUT2D eigenvalue weighted by molar-refractivity contribution is 0.0690. The van der Waals surface area contributed by atoms with Crippen LogP contribution in [0, 0.1) is 6.92 Å². The molecule has 0 aliphatic rings. The Bertz CT molecular complexity index is 552. The molecule has 0 fully saturated rings. The molecule has 0 saturated heterocycles. The fourth-order valence-electron chi connectivity index (χ4n) is 1.41. The number of hydrogen-bond donors (Lipinski definition) is 1. The van der Waals surface area contributed by atoms with Crippen molar-refractivity contribution >= 4 is 5.97 Å². The van der Waals surface area contributed by atoms with Gasteiger partial charge in [-0.1, -0.05) is 18.2 Å². The Labute approximate surface area is 104 Å². The van der Waals surface area contributed by atoms with Crippen molar-refractivity contribution in [2.45, 2.75) is 13.5 Å². The molecule has 0 atom stereocenters. The van der Waals surface area contributed by atoms with Crippen LogP contribution < -0.4 is 4.74 Å². The summed E-state index contributed by atoms with van der Waals surface area (Å²) in [7, 11) is 0. The number of carboxylic acid groups (broad SMARTS) is 1. The van der Waals surface area contributed by atoms with Gasteiger partial charge in [-0.15, -0.1) is 0 Å². The van der Waals surface area contributed by atoms with Gasteiger partial charge in [0, 0.05) is 0 Å². The normalized spacial score (nSPS) is 10.1. The van der Waals surface area contributed by atoms with Crippen molar-refractivity contribution in [3.63, 3.8) is 0 Å². The maximum atomic E-state index is 10.6. The molecule has 0 aliphatic heterocycles. The quantitative estimate of drug-likeness (QED) is 0.891. The molecule has 0 spiro atoms. The van der Waals surface area contributed by atoms with Crippen molar-refractivity contribution in [1.82, 2.24) is 9.97 Å². The number of carbonyl (C=O) groups is 1. The van der Waals surface area contributed by atoms with E-state index < -0.39 is 5.97 Å². The van der Waals surface area contributed by atoms with Gasteiger partial charge >= 0.3 is 5.97 Å². The molecule has 1 aromatic heterocycles. The molecule has 1 N–H and O–H groups in total. The Kier molecular flexibility index (Phi) is 3.52. The molecule has 0 bridgehead atoms. The number of para-hydroxylation sites is 1. The second-order valence-electron chi connectivity index (χ2n) is 3.75. The first-order valence-electron chi connectivity index (χ1n) is 5.39. The zero-order chi connectivity index (χ0) is 13.0. The van der Waals surface area contributed by atoms with Gasteiger partial charge in [0.15, 0.2) is 5.69 Å². The van der Waals surface area contributed by atoms with Crippen LogP contribution in [-0.4, -0.2) is 21.0 Å². The lowest BCUT2D eigenvalue weighted by Crippen LogP contribution is -2.05. The number of rotatable bonds is 4. The lowest BCUT2D eigenvalue weighted by atomic mass is 10.2. The van der Waals surface area contributed by atoms with Crippen LogP contribution in [0.2, 0.25) is 0 Å². The number of carboxylic acids is 1. The van der Waals surface area contributed by atoms with Crippen LogP contribution in [0.25, 0.3) is 0 Å². The summed E-state index contributed by atoms with van der Waals surface area (Å²) in [5.74, 6) is -0.310. The average Bonchev–Trinajstić information content (AvgIpc) is 2.38. The third kappa shape index (κ3) is 2.82. The Morgan fingerprint density at radius 1 is 1.28 bits per heavy atom. The highest BCUT2D eigenvalue weighted by atomic mass is 16.5. The highest BCUT2D eigenvalue weighted by Crippen LogP contribution is 2.17. The second kappa shape index (κ2) is 5.27. The summed E-state index contributed by atoms with van der Waals surface area (Å²) in [4.78, 5) is 18.3. The third-order valence-corrected chi connectivity index (χ3v) is 2.39. The van der Waals surface area contributed by atoms with E-state index in [0.29, 0.717) is 5.69 Å². The van der Waals surface area contributed by atoms with Crippen molar-refractivity contribution in [3.05, 3.63) is 53.6 Å². The third-order valence-electron chi connectivity index (χ3n) is 2.39. The summed E-state index contributed by atoms with van der Waals surface area (Å²) in [6, 6.07) is 7.65. The Balaban J connectivity index is 2.02. The average molecular weight is 244 g/mol. The molecular formula is C13H12N2O3. The summed E-state index contributed by atoms with van der Waals surface area (Å²) in [5, 5.41) is 8.69. The number of hydrogen-bond acceptors (Lipinski definition) is 4. The molecule has 1 heterocycles. The smallest absolute Gasteiger partial charge is 0.356 e. The van der Waals surface area contributed by atoms with Gasteiger partial charge in [0.1, 0.15) is 12.4 Å². The Morgan fingerprint density at radius 3 is 2.67 bits per heavy atom. The topological polar surface area (TPSA) is 72.3 Å². The monoisotopic (exact) mass is 244 g/mol. The molecular weight excluding hydrogens is 232 g/mol. The van der Waals surface area contributed by atoms with E-state index in [4.69, 9.17) is 9.84 Å². The molecule has 5 nitrogen and oxygen atoms in total. The predicted octanol–water partition coefficient (Wildman–Crippen LogP) is 2.06. The van der Waals surface area contributed by atoms with E-state index in [2.05, 4.69) is 9.97 Å². The van der Waals surface area contributed by atoms with Gasteiger partial charge in [0.25, 0.3) is 0 Å². The van der Waals surface area contributed by atoms with Crippen LogP contribution in [0.15, 0.2) is 36.7 Å². The predicted molar refractivity (Wildman–Crippen MR) is 64.5 cm³/mol. The zero-order valence-electron chi connectivity index (χ0n) is 9.83. The van der Waals surface area contributed by atoms with Gasteiger partial charge in [0.05, 0.1) is 18.1 Å². The molecule has 0 saturated carbocycles. The Morgan fingerprint density at radius 2 is 2.06 bits per heavy atom. The van der Waals surface area contributed by atoms with E-state index >= 15 is 0 Å². The second-order valence-corrected chi connectivity index (χ2v) is 3.75. The van der Waals surface area contributed by atoms with Gasteiger partial charge in [-0.25, -0.2) is 9.78 Å². The van der Waals surface area contributed by atoms with E-state index in [9.17, 15) is 4.79 Å². The minimum atomic E-state index is -1.09. The summed E-state index contributed by atoms with van der Waals surface area (Å²) >= 11 is 0. The molecule has 0 radical (unpaired) electrons. The highest BCUT2D eigenvalue weighted by molar-refractivity contribution is 5.84. The maximum absolute atomic E-state index is 10.6. The molecule has 2 rings (SSSR count). The van der Waals surface area contributed by atoms with Crippen molar-refractivity contribution in [2.75, 3.05) is 0 Å². The SMILES string of the molecule is Cc1ccccc1OCc1cnc(C(=O)O)cn1. The zero-order valence-corrected chi connectivity index (χ0v) is 9.83. The van der Waals surface area contributed by atoms with Crippen LogP contribution in [0.4, 0.5) is 0 Å². The molecule has 1 aromatic carbocycles.